The van der Waals surface area contributed by atoms with E-state index in [9.17, 15) is 0 Å². The van der Waals surface area contributed by atoms with Gasteiger partial charge in [0.25, 0.3) is 0 Å². The van der Waals surface area contributed by atoms with E-state index in [-0.39, 0.29) is 0 Å². The SMILES string of the molecule is CCCP(CCC)CCC.CI. The Kier molecular flexibility index (Phi) is 19.1. The van der Waals surface area contributed by atoms with Crippen molar-refractivity contribution in [1.29, 1.82) is 0 Å². The van der Waals surface area contributed by atoms with E-state index >= 15 is 0 Å². The molecule has 0 bridgehead atoms. The van der Waals surface area contributed by atoms with Gasteiger partial charge in [-0.05, 0) is 23.4 Å². The van der Waals surface area contributed by atoms with E-state index in [1.54, 1.807) is 0 Å². The molecule has 0 heterocycles. The number of alkyl halides is 1. The zero-order chi connectivity index (χ0) is 9.82. The highest BCUT2D eigenvalue weighted by molar-refractivity contribution is 14.1. The largest absolute Gasteiger partial charge is 0.107 e. The summed E-state index contributed by atoms with van der Waals surface area (Å²) in [7, 11) is 0.439. The molecule has 0 aliphatic carbocycles. The van der Waals surface area contributed by atoms with E-state index in [1.807, 2.05) is 4.93 Å². The van der Waals surface area contributed by atoms with E-state index < -0.39 is 0 Å². The topological polar surface area (TPSA) is 0 Å². The van der Waals surface area contributed by atoms with Gasteiger partial charge in [-0.25, -0.2) is 0 Å². The van der Waals surface area contributed by atoms with Crippen LogP contribution in [0.2, 0.25) is 0 Å². The first-order valence-electron chi connectivity index (χ1n) is 4.95. The lowest BCUT2D eigenvalue weighted by Crippen LogP contribution is -1.92. The average Bonchev–Trinajstić information content (AvgIpc) is 2.10. The van der Waals surface area contributed by atoms with Gasteiger partial charge in [0, 0.05) is 0 Å². The van der Waals surface area contributed by atoms with E-state index in [1.165, 1.54) is 37.7 Å². The molecule has 2 heteroatoms. The summed E-state index contributed by atoms with van der Waals surface area (Å²) < 4.78 is 0. The molecule has 0 aromatic rings. The van der Waals surface area contributed by atoms with Crippen molar-refractivity contribution < 1.29 is 0 Å². The summed E-state index contributed by atoms with van der Waals surface area (Å²) in [5.74, 6) is 0. The molecule has 0 saturated heterocycles. The quantitative estimate of drug-likeness (QED) is 0.377. The minimum Gasteiger partial charge on any atom is -0.107 e. The number of rotatable bonds is 6. The molecule has 12 heavy (non-hydrogen) atoms. The van der Waals surface area contributed by atoms with Crippen molar-refractivity contribution in [3.8, 4) is 0 Å². The molecule has 0 atom stereocenters. The fourth-order valence-corrected chi connectivity index (χ4v) is 3.85. The second kappa shape index (κ2) is 14.7. The lowest BCUT2D eigenvalue weighted by atomic mass is 10.6. The molecule has 0 saturated carbocycles. The number of halogens is 1. The van der Waals surface area contributed by atoms with Crippen molar-refractivity contribution in [1.82, 2.24) is 0 Å². The molecule has 0 unspecified atom stereocenters. The fourth-order valence-electron chi connectivity index (χ4n) is 1.28. The van der Waals surface area contributed by atoms with Gasteiger partial charge in [-0.1, -0.05) is 62.6 Å². The molecular weight excluding hydrogens is 278 g/mol. The maximum Gasteiger partial charge on any atom is -0.0121 e. The molecule has 76 valence electrons. The Morgan fingerprint density at radius 3 is 1.17 bits per heavy atom. The molecule has 0 rings (SSSR count). The highest BCUT2D eigenvalue weighted by atomic mass is 127. The van der Waals surface area contributed by atoms with Gasteiger partial charge in [0.2, 0.25) is 0 Å². The lowest BCUT2D eigenvalue weighted by molar-refractivity contribution is 1.02. The monoisotopic (exact) mass is 302 g/mol. The summed E-state index contributed by atoms with van der Waals surface area (Å²) in [6, 6.07) is 0. The summed E-state index contributed by atoms with van der Waals surface area (Å²) in [5, 5.41) is 0. The molecular formula is C10H24IP. The summed E-state index contributed by atoms with van der Waals surface area (Å²) >= 11 is 2.15. The van der Waals surface area contributed by atoms with Crippen LogP contribution in [0.5, 0.6) is 0 Å². The van der Waals surface area contributed by atoms with E-state index in [0.717, 1.165) is 0 Å². The second-order valence-electron chi connectivity index (χ2n) is 2.84. The Labute approximate surface area is 93.8 Å². The Balaban J connectivity index is 0. The molecule has 0 radical (unpaired) electrons. The standard InChI is InChI=1S/C9H21P.CH3I/c1-4-7-10(8-5-2)9-6-3;1-2/h4-9H2,1-3H3;1H3. The van der Waals surface area contributed by atoms with Crippen molar-refractivity contribution in [2.45, 2.75) is 40.0 Å². The van der Waals surface area contributed by atoms with Crippen molar-refractivity contribution in [3.63, 3.8) is 0 Å². The van der Waals surface area contributed by atoms with Crippen LogP contribution in [0.15, 0.2) is 0 Å². The van der Waals surface area contributed by atoms with Gasteiger partial charge in [-0.15, -0.1) is 7.92 Å². The third-order valence-corrected chi connectivity index (χ3v) is 4.86. The van der Waals surface area contributed by atoms with E-state index in [4.69, 9.17) is 0 Å². The van der Waals surface area contributed by atoms with Crippen molar-refractivity contribution in [3.05, 3.63) is 0 Å². The second-order valence-corrected chi connectivity index (χ2v) is 5.52. The number of hydrogen-bond acceptors (Lipinski definition) is 0. The predicted octanol–water partition coefficient (Wildman–Crippen LogP) is 4.75. The van der Waals surface area contributed by atoms with Gasteiger partial charge in [0.05, 0.1) is 0 Å². The van der Waals surface area contributed by atoms with Crippen LogP contribution in [-0.4, -0.2) is 23.4 Å². The van der Waals surface area contributed by atoms with Crippen LogP contribution in [0, 0.1) is 0 Å². The van der Waals surface area contributed by atoms with E-state index in [2.05, 4.69) is 43.4 Å². The fraction of sp³-hybridized carbons (Fsp3) is 1.00. The van der Waals surface area contributed by atoms with Crippen LogP contribution in [0.1, 0.15) is 40.0 Å². The summed E-state index contributed by atoms with van der Waals surface area (Å²) in [6.45, 7) is 6.92. The normalized spacial score (nSPS) is 9.50. The third kappa shape index (κ3) is 11.2. The van der Waals surface area contributed by atoms with Crippen LogP contribution in [-0.2, 0) is 0 Å². The van der Waals surface area contributed by atoms with Crippen LogP contribution in [0.25, 0.3) is 0 Å². The first-order chi connectivity index (χ1) is 5.85. The molecule has 0 aromatic carbocycles. The zero-order valence-corrected chi connectivity index (χ0v) is 12.1. The molecule has 0 spiro atoms. The molecule has 0 N–H and O–H groups in total. The molecule has 0 aromatic heterocycles. The van der Waals surface area contributed by atoms with Crippen LogP contribution in [0.3, 0.4) is 0 Å². The molecule has 0 aliphatic rings. The van der Waals surface area contributed by atoms with Gasteiger partial charge >= 0.3 is 0 Å². The van der Waals surface area contributed by atoms with E-state index in [0.29, 0.717) is 7.92 Å². The summed E-state index contributed by atoms with van der Waals surface area (Å²) in [4.78, 5) is 1.97. The Hall–Kier alpha value is 1.16. The van der Waals surface area contributed by atoms with Gasteiger partial charge in [0.15, 0.2) is 0 Å². The summed E-state index contributed by atoms with van der Waals surface area (Å²) in [6.07, 6.45) is 8.72. The van der Waals surface area contributed by atoms with Gasteiger partial charge in [-0.3, -0.25) is 0 Å². The smallest absolute Gasteiger partial charge is 0.0121 e. The van der Waals surface area contributed by atoms with Crippen LogP contribution in [0.4, 0.5) is 0 Å². The average molecular weight is 302 g/mol. The lowest BCUT2D eigenvalue weighted by Gasteiger charge is -2.13. The van der Waals surface area contributed by atoms with Crippen molar-refractivity contribution in [2.24, 2.45) is 0 Å². The summed E-state index contributed by atoms with van der Waals surface area (Å²) in [5.41, 5.74) is 0. The maximum absolute atomic E-state index is 2.31. The molecule has 0 amide bonds. The third-order valence-electron chi connectivity index (χ3n) is 1.62. The van der Waals surface area contributed by atoms with Gasteiger partial charge in [0.1, 0.15) is 0 Å². The van der Waals surface area contributed by atoms with Gasteiger partial charge < -0.3 is 0 Å². The minimum absolute atomic E-state index is 0.439. The first kappa shape index (κ1) is 15.6. The Morgan fingerprint density at radius 2 is 1.00 bits per heavy atom. The van der Waals surface area contributed by atoms with Crippen molar-refractivity contribution >= 4 is 30.5 Å². The Bertz CT molecular complexity index is 52.6. The molecule has 0 fully saturated rings. The zero-order valence-electron chi connectivity index (χ0n) is 9.07. The van der Waals surface area contributed by atoms with Gasteiger partial charge in [-0.2, -0.15) is 0 Å². The van der Waals surface area contributed by atoms with Crippen molar-refractivity contribution in [2.75, 3.05) is 23.4 Å². The number of hydrogen-bond donors (Lipinski definition) is 0. The predicted molar refractivity (Wildman–Crippen MR) is 72.3 cm³/mol. The Morgan fingerprint density at radius 1 is 0.750 bits per heavy atom. The molecule has 0 nitrogen and oxygen atoms in total. The highest BCUT2D eigenvalue weighted by Crippen LogP contribution is 2.37. The van der Waals surface area contributed by atoms with Crippen LogP contribution < -0.4 is 0 Å². The minimum atomic E-state index is 0.439. The molecule has 0 aliphatic heterocycles. The highest BCUT2D eigenvalue weighted by Gasteiger charge is 2.02. The first-order valence-corrected chi connectivity index (χ1v) is 9.00. The maximum atomic E-state index is 2.31. The van der Waals surface area contributed by atoms with Crippen LogP contribution >= 0.6 is 30.5 Å².